The van der Waals surface area contributed by atoms with E-state index in [1.165, 1.54) is 94.3 Å². The number of hydrogen-bond donors (Lipinski definition) is 0. The molecule has 2 heteroatoms. The van der Waals surface area contributed by atoms with Gasteiger partial charge in [-0.1, -0.05) is 202 Å². The molecule has 1 aromatic heterocycles. The van der Waals surface area contributed by atoms with Gasteiger partial charge in [-0.3, -0.25) is 0 Å². The predicted molar refractivity (Wildman–Crippen MR) is 275 cm³/mol. The van der Waals surface area contributed by atoms with E-state index in [2.05, 4.69) is 266 Å². The van der Waals surface area contributed by atoms with E-state index in [1.807, 2.05) is 0 Å². The van der Waals surface area contributed by atoms with Crippen molar-refractivity contribution in [2.45, 2.75) is 19.3 Å². The van der Waals surface area contributed by atoms with Gasteiger partial charge in [0.05, 0.1) is 22.4 Å². The first kappa shape index (κ1) is 38.5. The van der Waals surface area contributed by atoms with Crippen LogP contribution in [-0.2, 0) is 5.41 Å². The summed E-state index contributed by atoms with van der Waals surface area (Å²) in [6, 6.07) is 88.9. The van der Waals surface area contributed by atoms with Crippen molar-refractivity contribution in [3.05, 3.63) is 254 Å². The van der Waals surface area contributed by atoms with Crippen LogP contribution in [0.2, 0.25) is 0 Å². The van der Waals surface area contributed by atoms with Gasteiger partial charge in [0.25, 0.3) is 0 Å². The molecule has 0 spiro atoms. The molecule has 0 bridgehead atoms. The van der Waals surface area contributed by atoms with E-state index in [1.54, 1.807) is 0 Å². The summed E-state index contributed by atoms with van der Waals surface area (Å²) in [5.41, 5.74) is 21.5. The zero-order valence-corrected chi connectivity index (χ0v) is 36.5. The van der Waals surface area contributed by atoms with Gasteiger partial charge in [-0.05, 0) is 116 Å². The first-order chi connectivity index (χ1) is 32.0. The van der Waals surface area contributed by atoms with Crippen LogP contribution in [0.25, 0.3) is 83.1 Å². The smallest absolute Gasteiger partial charge is 0.0546 e. The quantitative estimate of drug-likeness (QED) is 0.148. The molecule has 0 amide bonds. The lowest BCUT2D eigenvalue weighted by Crippen LogP contribution is -2.21. The fourth-order valence-electron chi connectivity index (χ4n) is 10.7. The lowest BCUT2D eigenvalue weighted by Gasteiger charge is -2.34. The van der Waals surface area contributed by atoms with Crippen molar-refractivity contribution in [3.8, 4) is 61.3 Å². The summed E-state index contributed by atoms with van der Waals surface area (Å²) in [4.78, 5) is 2.54. The molecule has 0 N–H and O–H groups in total. The molecule has 308 valence electrons. The highest BCUT2D eigenvalue weighted by Gasteiger charge is 2.39. The van der Waals surface area contributed by atoms with E-state index >= 15 is 0 Å². The molecule has 0 fully saturated rings. The van der Waals surface area contributed by atoms with Crippen molar-refractivity contribution in [2.24, 2.45) is 0 Å². The molecule has 0 unspecified atom stereocenters. The van der Waals surface area contributed by atoms with E-state index in [0.717, 1.165) is 17.1 Å². The molecule has 1 aliphatic carbocycles. The summed E-state index contributed by atoms with van der Waals surface area (Å²) in [6.45, 7) is 4.78. The van der Waals surface area contributed by atoms with Gasteiger partial charge in [0, 0.05) is 33.1 Å². The van der Waals surface area contributed by atoms with Crippen LogP contribution in [0.15, 0.2) is 243 Å². The van der Waals surface area contributed by atoms with Crippen molar-refractivity contribution in [1.82, 2.24) is 4.57 Å². The third kappa shape index (κ3) is 6.32. The summed E-state index contributed by atoms with van der Waals surface area (Å²) >= 11 is 0. The Morgan fingerprint density at radius 1 is 0.354 bits per heavy atom. The van der Waals surface area contributed by atoms with Gasteiger partial charge in [-0.25, -0.2) is 0 Å². The van der Waals surface area contributed by atoms with Gasteiger partial charge in [0.15, 0.2) is 0 Å². The minimum absolute atomic E-state index is 0.242. The van der Waals surface area contributed by atoms with Crippen molar-refractivity contribution in [1.29, 1.82) is 0 Å². The third-order valence-electron chi connectivity index (χ3n) is 13.6. The third-order valence-corrected chi connectivity index (χ3v) is 13.6. The lowest BCUT2D eigenvalue weighted by molar-refractivity contribution is 0.661. The number of benzene rings is 10. The first-order valence-electron chi connectivity index (χ1n) is 22.6. The van der Waals surface area contributed by atoms with Crippen LogP contribution in [0, 0.1) is 0 Å². The maximum Gasteiger partial charge on any atom is 0.0546 e. The summed E-state index contributed by atoms with van der Waals surface area (Å²) < 4.78 is 2.38. The molecule has 0 aliphatic heterocycles. The van der Waals surface area contributed by atoms with Crippen LogP contribution in [0.4, 0.5) is 17.1 Å². The Morgan fingerprint density at radius 2 is 0.892 bits per heavy atom. The molecule has 1 heterocycles. The summed E-state index contributed by atoms with van der Waals surface area (Å²) in [5.74, 6) is 0. The maximum absolute atomic E-state index is 2.54. The monoisotopic (exact) mass is 830 g/mol. The van der Waals surface area contributed by atoms with Crippen LogP contribution in [0.5, 0.6) is 0 Å². The second kappa shape index (κ2) is 15.6. The van der Waals surface area contributed by atoms with Crippen LogP contribution >= 0.6 is 0 Å². The highest BCUT2D eigenvalue weighted by Crippen LogP contribution is 2.56. The second-order valence-corrected chi connectivity index (χ2v) is 17.6. The zero-order chi connectivity index (χ0) is 43.5. The number of rotatable bonds is 8. The summed E-state index contributed by atoms with van der Waals surface area (Å²) in [6.07, 6.45) is 0. The molecule has 2 nitrogen and oxygen atoms in total. The summed E-state index contributed by atoms with van der Waals surface area (Å²) in [5, 5.41) is 2.49. The summed E-state index contributed by atoms with van der Waals surface area (Å²) in [7, 11) is 0. The number of aromatic nitrogens is 1. The lowest BCUT2D eigenvalue weighted by atomic mass is 9.81. The van der Waals surface area contributed by atoms with E-state index < -0.39 is 0 Å². The van der Waals surface area contributed by atoms with Crippen molar-refractivity contribution < 1.29 is 0 Å². The molecular weight excluding hydrogens is 785 g/mol. The van der Waals surface area contributed by atoms with Gasteiger partial charge < -0.3 is 9.47 Å². The predicted octanol–water partition coefficient (Wildman–Crippen LogP) is 17.2. The van der Waals surface area contributed by atoms with Crippen LogP contribution in [0.3, 0.4) is 0 Å². The fraction of sp³-hybridized carbons (Fsp3) is 0.0476. The van der Waals surface area contributed by atoms with Crippen molar-refractivity contribution in [2.75, 3.05) is 4.90 Å². The average molecular weight is 831 g/mol. The van der Waals surface area contributed by atoms with Crippen molar-refractivity contribution >= 4 is 38.9 Å². The van der Waals surface area contributed by atoms with E-state index in [4.69, 9.17) is 0 Å². The Bertz CT molecular complexity index is 3550. The molecular formula is C63H46N2. The Balaban J connectivity index is 1.09. The fourth-order valence-corrected chi connectivity index (χ4v) is 10.7. The SMILES string of the molecule is CC1(C)c2ccccc2-c2cccc(N(c3ccc(-c4ccc5c(c4)c4ccccc4n5-c4ccccc4)cc3)c3cccc(-c4ccccc4)c3-c3ccccc3-c3ccccc3)c21. The van der Waals surface area contributed by atoms with Crippen LogP contribution < -0.4 is 4.90 Å². The normalized spacial score (nSPS) is 12.6. The van der Waals surface area contributed by atoms with E-state index in [9.17, 15) is 0 Å². The minimum Gasteiger partial charge on any atom is -0.310 e. The molecule has 11 aromatic rings. The number of hydrogen-bond acceptors (Lipinski definition) is 1. The van der Waals surface area contributed by atoms with Gasteiger partial charge in [-0.2, -0.15) is 0 Å². The maximum atomic E-state index is 2.54. The highest BCUT2D eigenvalue weighted by atomic mass is 15.1. The molecule has 0 saturated heterocycles. The van der Waals surface area contributed by atoms with Crippen LogP contribution in [-0.4, -0.2) is 4.57 Å². The number of fused-ring (bicyclic) bond motifs is 6. The second-order valence-electron chi connectivity index (χ2n) is 17.6. The number of anilines is 3. The van der Waals surface area contributed by atoms with Gasteiger partial charge in [-0.15, -0.1) is 0 Å². The molecule has 0 radical (unpaired) electrons. The topological polar surface area (TPSA) is 8.17 Å². The van der Waals surface area contributed by atoms with E-state index in [0.29, 0.717) is 0 Å². The molecule has 0 atom stereocenters. The van der Waals surface area contributed by atoms with Gasteiger partial charge in [0.2, 0.25) is 0 Å². The first-order valence-corrected chi connectivity index (χ1v) is 22.6. The molecule has 1 aliphatic rings. The average Bonchev–Trinajstić information content (AvgIpc) is 3.83. The Morgan fingerprint density at radius 3 is 1.63 bits per heavy atom. The largest absolute Gasteiger partial charge is 0.310 e. The Hall–Kier alpha value is -8.20. The Labute approximate surface area is 381 Å². The number of para-hydroxylation sites is 2. The highest BCUT2D eigenvalue weighted by molar-refractivity contribution is 6.10. The molecule has 10 aromatic carbocycles. The molecule has 0 saturated carbocycles. The molecule has 65 heavy (non-hydrogen) atoms. The van der Waals surface area contributed by atoms with Crippen molar-refractivity contribution in [3.63, 3.8) is 0 Å². The van der Waals surface area contributed by atoms with Gasteiger partial charge >= 0.3 is 0 Å². The Kier molecular flexibility index (Phi) is 9.21. The minimum atomic E-state index is -0.242. The zero-order valence-electron chi connectivity index (χ0n) is 36.5. The van der Waals surface area contributed by atoms with Crippen LogP contribution in [0.1, 0.15) is 25.0 Å². The van der Waals surface area contributed by atoms with Gasteiger partial charge in [0.1, 0.15) is 0 Å². The standard InChI is InChI=1S/C63H46N2/c1-63(2)56-32-16-14-27-51(56)54-31-19-35-60(62(54)63)65(59-34-18-30-50(45-22-8-4-9-23-45)61(59)53-29-13-12-26-49(53)44-20-6-3-7-21-44)48-39-36-43(37-40-48)46-38-41-58-55(42-46)52-28-15-17-33-57(52)64(58)47-24-10-5-11-25-47/h3-42H,1-2H3. The molecule has 12 rings (SSSR count). The van der Waals surface area contributed by atoms with E-state index in [-0.39, 0.29) is 5.41 Å². The number of nitrogens with zero attached hydrogens (tertiary/aromatic N) is 2.